The molecule has 1 aromatic heterocycles. The quantitative estimate of drug-likeness (QED) is 0.624. The number of benzene rings is 2. The average molecular weight is 439 g/mol. The van der Waals surface area contributed by atoms with Crippen molar-refractivity contribution in [2.24, 2.45) is 11.7 Å². The van der Waals surface area contributed by atoms with E-state index in [1.807, 2.05) is 12.1 Å². The number of hydrogen-bond donors (Lipinski definition) is 2. The van der Waals surface area contributed by atoms with Crippen molar-refractivity contribution >= 4 is 38.3 Å². The van der Waals surface area contributed by atoms with Gasteiger partial charge in [-0.2, -0.15) is 0 Å². The van der Waals surface area contributed by atoms with Crippen molar-refractivity contribution in [3.8, 4) is 0 Å². The molecule has 4 rings (SSSR count). The minimum atomic E-state index is -3.89. The predicted molar refractivity (Wildman–Crippen MR) is 115 cm³/mol. The number of carbonyl (C=O) groups excluding carboxylic acids is 1. The molecule has 1 aliphatic heterocycles. The Morgan fingerprint density at radius 2 is 1.74 bits per heavy atom. The number of para-hydroxylation sites is 1. The summed E-state index contributed by atoms with van der Waals surface area (Å²) in [6.07, 6.45) is 2.41. The number of anilines is 1. The number of hydrogen-bond acceptors (Lipinski definition) is 6. The van der Waals surface area contributed by atoms with Gasteiger partial charge in [-0.15, -0.1) is 0 Å². The molecule has 0 aliphatic carbocycles. The van der Waals surface area contributed by atoms with Gasteiger partial charge in [-0.05, 0) is 43.2 Å². The van der Waals surface area contributed by atoms with Gasteiger partial charge in [0.15, 0.2) is 0 Å². The van der Waals surface area contributed by atoms with Crippen LogP contribution in [0, 0.1) is 5.92 Å². The third kappa shape index (κ3) is 3.96. The van der Waals surface area contributed by atoms with Crippen LogP contribution in [0.2, 0.25) is 0 Å². The molecule has 0 saturated carbocycles. The van der Waals surface area contributed by atoms with Crippen molar-refractivity contribution < 1.29 is 23.1 Å². The van der Waals surface area contributed by atoms with Gasteiger partial charge >= 0.3 is 5.97 Å². The number of sulfone groups is 1. The van der Waals surface area contributed by atoms with E-state index in [1.54, 1.807) is 12.1 Å². The van der Waals surface area contributed by atoms with Crippen molar-refractivity contribution in [2.75, 3.05) is 18.0 Å². The molecule has 1 fully saturated rings. The van der Waals surface area contributed by atoms with E-state index >= 15 is 0 Å². The van der Waals surface area contributed by atoms with Crippen molar-refractivity contribution in [2.45, 2.75) is 22.6 Å². The summed E-state index contributed by atoms with van der Waals surface area (Å²) >= 11 is 0. The van der Waals surface area contributed by atoms with Crippen LogP contribution >= 0.6 is 0 Å². The molecule has 3 aromatic rings. The lowest BCUT2D eigenvalue weighted by atomic mass is 9.96. The van der Waals surface area contributed by atoms with Gasteiger partial charge in [-0.3, -0.25) is 14.6 Å². The molecule has 31 heavy (non-hydrogen) atoms. The minimum Gasteiger partial charge on any atom is -0.481 e. The fourth-order valence-electron chi connectivity index (χ4n) is 3.85. The molecule has 2 aromatic carbocycles. The third-order valence-electron chi connectivity index (χ3n) is 5.59. The SMILES string of the molecule is NC(=O)c1cccc(S(=O)(=O)c2cnc3c(N4CCC(C(=O)O)CC4)cccc3c2)c1. The van der Waals surface area contributed by atoms with Crippen LogP contribution in [0.4, 0.5) is 5.69 Å². The first kappa shape index (κ1) is 20.8. The number of nitrogens with two attached hydrogens (primary N) is 1. The smallest absolute Gasteiger partial charge is 0.306 e. The van der Waals surface area contributed by atoms with Crippen molar-refractivity contribution in [1.29, 1.82) is 0 Å². The molecular formula is C22H21N3O5S. The fourth-order valence-corrected chi connectivity index (χ4v) is 5.13. The van der Waals surface area contributed by atoms with E-state index in [-0.39, 0.29) is 21.3 Å². The molecule has 0 atom stereocenters. The zero-order chi connectivity index (χ0) is 22.2. The van der Waals surface area contributed by atoms with E-state index in [1.165, 1.54) is 30.5 Å². The fraction of sp³-hybridized carbons (Fsp3) is 0.227. The Hall–Kier alpha value is -3.46. The lowest BCUT2D eigenvalue weighted by molar-refractivity contribution is -0.142. The van der Waals surface area contributed by atoms with Crippen LogP contribution in [0.5, 0.6) is 0 Å². The second-order valence-corrected chi connectivity index (χ2v) is 9.46. The first-order valence-corrected chi connectivity index (χ1v) is 11.3. The normalized spacial score (nSPS) is 15.2. The lowest BCUT2D eigenvalue weighted by Gasteiger charge is -2.32. The number of nitrogens with zero attached hydrogens (tertiary/aromatic N) is 2. The Bertz CT molecular complexity index is 1280. The maximum atomic E-state index is 13.1. The van der Waals surface area contributed by atoms with Gasteiger partial charge in [0.1, 0.15) is 0 Å². The molecule has 1 saturated heterocycles. The van der Waals surface area contributed by atoms with E-state index in [4.69, 9.17) is 5.73 Å². The zero-order valence-electron chi connectivity index (χ0n) is 16.6. The van der Waals surface area contributed by atoms with Crippen LogP contribution in [-0.2, 0) is 14.6 Å². The molecule has 0 radical (unpaired) electrons. The topological polar surface area (TPSA) is 131 Å². The molecule has 2 heterocycles. The summed E-state index contributed by atoms with van der Waals surface area (Å²) < 4.78 is 26.2. The summed E-state index contributed by atoms with van der Waals surface area (Å²) in [4.78, 5) is 29.1. The first-order valence-electron chi connectivity index (χ1n) is 9.79. The number of aliphatic carboxylic acids is 1. The number of amides is 1. The van der Waals surface area contributed by atoms with E-state index < -0.39 is 21.7 Å². The highest BCUT2D eigenvalue weighted by atomic mass is 32.2. The number of carbonyl (C=O) groups is 2. The Balaban J connectivity index is 1.69. The maximum Gasteiger partial charge on any atom is 0.306 e. The van der Waals surface area contributed by atoms with E-state index in [2.05, 4.69) is 9.88 Å². The monoisotopic (exact) mass is 439 g/mol. The lowest BCUT2D eigenvalue weighted by Crippen LogP contribution is -2.36. The van der Waals surface area contributed by atoms with Crippen LogP contribution in [0.15, 0.2) is 64.5 Å². The Labute approximate surface area is 179 Å². The van der Waals surface area contributed by atoms with Gasteiger partial charge in [0.25, 0.3) is 0 Å². The first-order chi connectivity index (χ1) is 14.8. The number of rotatable bonds is 5. The van der Waals surface area contributed by atoms with Crippen molar-refractivity contribution in [1.82, 2.24) is 4.98 Å². The molecule has 9 heteroatoms. The number of fused-ring (bicyclic) bond motifs is 1. The van der Waals surface area contributed by atoms with Gasteiger partial charge in [-0.25, -0.2) is 8.42 Å². The number of carboxylic acids is 1. The molecule has 160 valence electrons. The molecule has 0 unspecified atom stereocenters. The summed E-state index contributed by atoms with van der Waals surface area (Å²) in [5.74, 6) is -1.82. The summed E-state index contributed by atoms with van der Waals surface area (Å²) in [7, 11) is -3.89. The Kier molecular flexibility index (Phi) is 5.36. The van der Waals surface area contributed by atoms with Crippen LogP contribution in [0.1, 0.15) is 23.2 Å². The van der Waals surface area contributed by atoms with Gasteiger partial charge < -0.3 is 15.7 Å². The molecule has 1 aliphatic rings. The number of carboxylic acid groups (broad SMARTS) is 1. The number of piperidine rings is 1. The zero-order valence-corrected chi connectivity index (χ0v) is 17.4. The molecular weight excluding hydrogens is 418 g/mol. The van der Waals surface area contributed by atoms with Crippen LogP contribution < -0.4 is 10.6 Å². The van der Waals surface area contributed by atoms with Crippen LogP contribution in [0.25, 0.3) is 10.9 Å². The number of aromatic nitrogens is 1. The van der Waals surface area contributed by atoms with E-state index in [0.717, 1.165) is 5.69 Å². The van der Waals surface area contributed by atoms with E-state index in [0.29, 0.717) is 36.8 Å². The van der Waals surface area contributed by atoms with Crippen LogP contribution in [0.3, 0.4) is 0 Å². The highest BCUT2D eigenvalue weighted by molar-refractivity contribution is 7.91. The van der Waals surface area contributed by atoms with Crippen molar-refractivity contribution in [3.63, 3.8) is 0 Å². The third-order valence-corrected chi connectivity index (χ3v) is 7.31. The Morgan fingerprint density at radius 1 is 1.03 bits per heavy atom. The molecule has 0 bridgehead atoms. The van der Waals surface area contributed by atoms with Gasteiger partial charge in [-0.1, -0.05) is 18.2 Å². The number of primary amides is 1. The summed E-state index contributed by atoms with van der Waals surface area (Å²) in [6, 6.07) is 12.7. The highest BCUT2D eigenvalue weighted by Crippen LogP contribution is 2.31. The standard InChI is InChI=1S/C22H21N3O5S/c23-21(26)16-4-1-5-17(12-16)31(29,30)18-11-15-3-2-6-19(20(15)24-13-18)25-9-7-14(8-10-25)22(27)28/h1-6,11-14H,7-10H2,(H2,23,26)(H,27,28). The minimum absolute atomic E-state index is 0.0170. The largest absolute Gasteiger partial charge is 0.481 e. The predicted octanol–water partition coefficient (Wildman–Crippen LogP) is 2.47. The van der Waals surface area contributed by atoms with Gasteiger partial charge in [0, 0.05) is 30.2 Å². The van der Waals surface area contributed by atoms with Gasteiger partial charge in [0.05, 0.1) is 26.9 Å². The molecule has 3 N–H and O–H groups in total. The number of pyridine rings is 1. The summed E-state index contributed by atoms with van der Waals surface area (Å²) in [5, 5.41) is 9.86. The summed E-state index contributed by atoms with van der Waals surface area (Å²) in [5.41, 5.74) is 6.88. The Morgan fingerprint density at radius 3 is 2.42 bits per heavy atom. The molecule has 0 spiro atoms. The van der Waals surface area contributed by atoms with E-state index in [9.17, 15) is 23.1 Å². The highest BCUT2D eigenvalue weighted by Gasteiger charge is 2.26. The second kappa shape index (κ2) is 7.99. The summed E-state index contributed by atoms with van der Waals surface area (Å²) in [6.45, 7) is 1.19. The maximum absolute atomic E-state index is 13.1. The van der Waals surface area contributed by atoms with Gasteiger partial charge in [0.2, 0.25) is 15.7 Å². The van der Waals surface area contributed by atoms with Crippen molar-refractivity contribution in [3.05, 3.63) is 60.3 Å². The molecule has 1 amide bonds. The van der Waals surface area contributed by atoms with Crippen LogP contribution in [-0.4, -0.2) is 43.5 Å². The second-order valence-electron chi connectivity index (χ2n) is 7.51. The molecule has 8 nitrogen and oxygen atoms in total. The average Bonchev–Trinajstić information content (AvgIpc) is 2.78.